The standard InChI is InChI=1S/C21H23N3O5S/c25-17-4-3-16(18(26)23-17)24-10-13-2-1-12(7-15(13)19(24)27)9-22-20(28)29-11-21-6-5-14(8-21)30-21/h1-2,7,14,16H,3-6,8-11H2,(H,22,28)(H,23,25,26). The number of rotatable bonds is 5. The average molecular weight is 429 g/mol. The van der Waals surface area contributed by atoms with Gasteiger partial charge in [-0.25, -0.2) is 4.79 Å². The molecule has 0 spiro atoms. The van der Waals surface area contributed by atoms with E-state index in [9.17, 15) is 19.2 Å². The maximum atomic E-state index is 12.8. The second-order valence-corrected chi connectivity index (χ2v) is 10.3. The molecule has 1 saturated carbocycles. The first-order chi connectivity index (χ1) is 14.4. The number of thioether (sulfide) groups is 1. The van der Waals surface area contributed by atoms with E-state index in [1.165, 1.54) is 11.3 Å². The van der Waals surface area contributed by atoms with E-state index in [4.69, 9.17) is 4.74 Å². The number of nitrogens with one attached hydrogen (secondary N) is 2. The van der Waals surface area contributed by atoms with Crippen molar-refractivity contribution >= 4 is 35.6 Å². The third-order valence-corrected chi connectivity index (χ3v) is 8.16. The lowest BCUT2D eigenvalue weighted by Crippen LogP contribution is -2.52. The molecule has 3 atom stereocenters. The van der Waals surface area contributed by atoms with Gasteiger partial charge in [0.1, 0.15) is 12.6 Å². The molecule has 6 rings (SSSR count). The molecule has 158 valence electrons. The Morgan fingerprint density at radius 2 is 2.13 bits per heavy atom. The summed E-state index contributed by atoms with van der Waals surface area (Å²) in [5.74, 6) is -0.945. The van der Waals surface area contributed by atoms with Crippen molar-refractivity contribution in [3.05, 3.63) is 34.9 Å². The Morgan fingerprint density at radius 1 is 1.30 bits per heavy atom. The lowest BCUT2D eigenvalue weighted by Gasteiger charge is -2.36. The van der Waals surface area contributed by atoms with Gasteiger partial charge in [-0.3, -0.25) is 19.7 Å². The van der Waals surface area contributed by atoms with Crippen LogP contribution in [-0.4, -0.2) is 51.4 Å². The molecule has 4 heterocycles. The van der Waals surface area contributed by atoms with E-state index in [0.717, 1.165) is 29.2 Å². The highest BCUT2D eigenvalue weighted by molar-refractivity contribution is 8.03. The van der Waals surface area contributed by atoms with Crippen LogP contribution in [-0.2, 0) is 27.4 Å². The molecule has 2 N–H and O–H groups in total. The Balaban J connectivity index is 1.17. The number of nitrogens with zero attached hydrogens (tertiary/aromatic N) is 1. The monoisotopic (exact) mass is 429 g/mol. The quantitative estimate of drug-likeness (QED) is 0.691. The summed E-state index contributed by atoms with van der Waals surface area (Å²) in [6, 6.07) is 4.84. The zero-order valence-electron chi connectivity index (χ0n) is 16.4. The molecule has 4 fully saturated rings. The number of ether oxygens (including phenoxy) is 1. The molecule has 3 saturated heterocycles. The Hall–Kier alpha value is -2.55. The van der Waals surface area contributed by atoms with Crippen molar-refractivity contribution in [1.29, 1.82) is 0 Å². The molecule has 1 aromatic rings. The largest absolute Gasteiger partial charge is 0.448 e. The number of imide groups is 1. The summed E-state index contributed by atoms with van der Waals surface area (Å²) >= 11 is 1.93. The molecule has 0 radical (unpaired) electrons. The first-order valence-electron chi connectivity index (χ1n) is 10.3. The third-order valence-electron chi connectivity index (χ3n) is 6.43. The van der Waals surface area contributed by atoms with Crippen molar-refractivity contribution in [2.45, 2.75) is 61.2 Å². The number of amides is 4. The number of carbonyl (C=O) groups is 4. The van der Waals surface area contributed by atoms with Gasteiger partial charge in [0.2, 0.25) is 11.8 Å². The molecule has 8 nitrogen and oxygen atoms in total. The van der Waals surface area contributed by atoms with Crippen LogP contribution < -0.4 is 10.6 Å². The highest BCUT2D eigenvalue weighted by Gasteiger charge is 2.52. The lowest BCUT2D eigenvalue weighted by molar-refractivity contribution is -0.136. The molecule has 5 aliphatic rings. The molecule has 1 aromatic carbocycles. The van der Waals surface area contributed by atoms with Gasteiger partial charge < -0.3 is 15.0 Å². The third kappa shape index (κ3) is 3.45. The topological polar surface area (TPSA) is 105 Å². The number of hydrogen-bond acceptors (Lipinski definition) is 6. The number of piperidine rings is 1. The predicted octanol–water partition coefficient (Wildman–Crippen LogP) is 1.71. The maximum absolute atomic E-state index is 12.8. The number of benzene rings is 1. The molecule has 1 aliphatic carbocycles. The van der Waals surface area contributed by atoms with Gasteiger partial charge in [-0.05, 0) is 42.9 Å². The minimum absolute atomic E-state index is 0.140. The van der Waals surface area contributed by atoms with Gasteiger partial charge in [-0.15, -0.1) is 11.8 Å². The van der Waals surface area contributed by atoms with Crippen molar-refractivity contribution in [2.24, 2.45) is 0 Å². The van der Waals surface area contributed by atoms with Crippen LogP contribution >= 0.6 is 11.8 Å². The first-order valence-corrected chi connectivity index (χ1v) is 11.2. The fourth-order valence-corrected chi connectivity index (χ4v) is 6.51. The van der Waals surface area contributed by atoms with E-state index in [1.807, 2.05) is 23.9 Å². The highest BCUT2D eigenvalue weighted by atomic mass is 32.2. The highest BCUT2D eigenvalue weighted by Crippen LogP contribution is 2.59. The zero-order valence-corrected chi connectivity index (χ0v) is 17.3. The summed E-state index contributed by atoms with van der Waals surface area (Å²) in [5, 5.41) is 5.80. The zero-order chi connectivity index (χ0) is 20.9. The summed E-state index contributed by atoms with van der Waals surface area (Å²) in [4.78, 5) is 49.9. The predicted molar refractivity (Wildman–Crippen MR) is 109 cm³/mol. The average Bonchev–Trinajstić information content (AvgIpc) is 3.38. The summed E-state index contributed by atoms with van der Waals surface area (Å²) in [6.07, 6.45) is 3.60. The molecule has 4 amide bonds. The summed E-state index contributed by atoms with van der Waals surface area (Å²) in [7, 11) is 0. The van der Waals surface area contributed by atoms with Crippen LogP contribution in [0.15, 0.2) is 18.2 Å². The first kappa shape index (κ1) is 19.4. The van der Waals surface area contributed by atoms with Crippen LogP contribution in [0.1, 0.15) is 53.6 Å². The van der Waals surface area contributed by atoms with Crippen molar-refractivity contribution < 1.29 is 23.9 Å². The van der Waals surface area contributed by atoms with Crippen LogP contribution in [0.5, 0.6) is 0 Å². The number of fused-ring (bicyclic) bond motifs is 2. The molecular weight excluding hydrogens is 406 g/mol. The number of alkyl carbamates (subject to hydrolysis) is 1. The van der Waals surface area contributed by atoms with Crippen molar-refractivity contribution in [2.75, 3.05) is 6.61 Å². The molecule has 3 unspecified atom stereocenters. The minimum Gasteiger partial charge on any atom is -0.448 e. The fourth-order valence-electron chi connectivity index (χ4n) is 4.80. The number of carbonyl (C=O) groups excluding carboxylic acids is 4. The van der Waals surface area contributed by atoms with Crippen molar-refractivity contribution in [3.63, 3.8) is 0 Å². The molecule has 9 heteroatoms. The van der Waals surface area contributed by atoms with Crippen LogP contribution in [0.3, 0.4) is 0 Å². The van der Waals surface area contributed by atoms with Gasteiger partial charge in [0.25, 0.3) is 5.91 Å². The van der Waals surface area contributed by atoms with E-state index in [2.05, 4.69) is 10.6 Å². The molecular formula is C21H23N3O5S. The number of hydrogen-bond donors (Lipinski definition) is 2. The van der Waals surface area contributed by atoms with Crippen LogP contribution in [0.4, 0.5) is 4.79 Å². The van der Waals surface area contributed by atoms with Gasteiger partial charge in [-0.2, -0.15) is 0 Å². The molecule has 30 heavy (non-hydrogen) atoms. The Morgan fingerprint density at radius 3 is 2.87 bits per heavy atom. The van der Waals surface area contributed by atoms with Gasteiger partial charge in [-0.1, -0.05) is 12.1 Å². The molecule has 2 bridgehead atoms. The summed E-state index contributed by atoms with van der Waals surface area (Å²) in [5.41, 5.74) is 2.17. The van der Waals surface area contributed by atoms with Crippen molar-refractivity contribution in [1.82, 2.24) is 15.5 Å². The lowest BCUT2D eigenvalue weighted by atomic mass is 10.0. The molecule has 4 aliphatic heterocycles. The van der Waals surface area contributed by atoms with Crippen molar-refractivity contribution in [3.8, 4) is 0 Å². The molecule has 0 aromatic heterocycles. The van der Waals surface area contributed by atoms with E-state index < -0.39 is 18.0 Å². The van der Waals surface area contributed by atoms with Gasteiger partial charge in [0.15, 0.2) is 0 Å². The SMILES string of the molecule is O=C1CCC(N2Cc3ccc(CNC(=O)OCC45CCC(C4)S5)cc3C2=O)C(=O)N1. The minimum atomic E-state index is -0.627. The summed E-state index contributed by atoms with van der Waals surface area (Å²) < 4.78 is 5.54. The van der Waals surface area contributed by atoms with Crippen LogP contribution in [0.25, 0.3) is 0 Å². The van der Waals surface area contributed by atoms with Gasteiger partial charge in [0, 0.05) is 30.3 Å². The maximum Gasteiger partial charge on any atom is 0.407 e. The van der Waals surface area contributed by atoms with E-state index in [1.54, 1.807) is 6.07 Å². The fraction of sp³-hybridized carbons (Fsp3) is 0.524. The van der Waals surface area contributed by atoms with E-state index >= 15 is 0 Å². The Bertz CT molecular complexity index is 937. The van der Waals surface area contributed by atoms with Crippen LogP contribution in [0.2, 0.25) is 0 Å². The van der Waals surface area contributed by atoms with E-state index in [-0.39, 0.29) is 29.5 Å². The second-order valence-electron chi connectivity index (χ2n) is 8.49. The smallest absolute Gasteiger partial charge is 0.407 e. The van der Waals surface area contributed by atoms with E-state index in [0.29, 0.717) is 25.1 Å². The van der Waals surface area contributed by atoms with Gasteiger partial charge >= 0.3 is 6.09 Å². The Kier molecular flexibility index (Phi) is 4.72. The van der Waals surface area contributed by atoms with Crippen LogP contribution in [0, 0.1) is 0 Å². The Labute approximate surface area is 178 Å². The van der Waals surface area contributed by atoms with Gasteiger partial charge in [0.05, 0.1) is 4.75 Å². The second kappa shape index (κ2) is 7.30. The summed E-state index contributed by atoms with van der Waals surface area (Å²) in [6.45, 7) is 1.06. The normalized spacial score (nSPS) is 29.3.